The molecule has 0 bridgehead atoms. The van der Waals surface area contributed by atoms with E-state index in [4.69, 9.17) is 14.2 Å². The van der Waals surface area contributed by atoms with Crippen LogP contribution >= 0.6 is 8.58 Å². The van der Waals surface area contributed by atoms with Crippen molar-refractivity contribution in [2.24, 2.45) is 0 Å². The quantitative estimate of drug-likeness (QED) is 0.0755. The Balaban J connectivity index is -0.000000542. The monoisotopic (exact) mass is 654 g/mol. The highest BCUT2D eigenvalue weighted by molar-refractivity contribution is 7.62. The molecule has 2 unspecified atom stereocenters. The Hall–Kier alpha value is -2.77. The molecule has 1 aromatic heterocycles. The third-order valence-electron chi connectivity index (χ3n) is 6.18. The van der Waals surface area contributed by atoms with Crippen molar-refractivity contribution < 1.29 is 33.7 Å². The molecule has 2 atom stereocenters. The summed E-state index contributed by atoms with van der Waals surface area (Å²) in [5.41, 5.74) is 2.16. The van der Waals surface area contributed by atoms with Crippen molar-refractivity contribution in [1.82, 2.24) is 9.97 Å². The number of ketones is 2. The number of aryl methyl sites for hydroxylation is 1. The van der Waals surface area contributed by atoms with Crippen LogP contribution in [-0.4, -0.2) is 60.1 Å². The van der Waals surface area contributed by atoms with Crippen LogP contribution in [0.25, 0.3) is 0 Å². The van der Waals surface area contributed by atoms with Gasteiger partial charge < -0.3 is 29.1 Å². The first-order valence-corrected chi connectivity index (χ1v) is 17.3. The molecule has 0 saturated carbocycles. The molecule has 0 radical (unpaired) electrons. The molecule has 0 aliphatic carbocycles. The van der Waals surface area contributed by atoms with Gasteiger partial charge in [0.25, 0.3) is 0 Å². The number of hydrogen-bond donors (Lipinski definition) is 2. The first-order chi connectivity index (χ1) is 21.6. The third kappa shape index (κ3) is 25.1. The first kappa shape index (κ1) is 46.6. The molecule has 2 rings (SSSR count). The van der Waals surface area contributed by atoms with Crippen molar-refractivity contribution in [2.45, 2.75) is 132 Å². The van der Waals surface area contributed by atoms with Crippen LogP contribution in [0.3, 0.4) is 0 Å². The summed E-state index contributed by atoms with van der Waals surface area (Å²) in [6.45, 7) is 14.9. The van der Waals surface area contributed by atoms with E-state index in [1.165, 1.54) is 84.0 Å². The van der Waals surface area contributed by atoms with Crippen molar-refractivity contribution in [2.75, 3.05) is 21.3 Å². The van der Waals surface area contributed by atoms with E-state index in [2.05, 4.69) is 30.7 Å². The van der Waals surface area contributed by atoms with Crippen LogP contribution < -0.4 is 19.6 Å². The second kappa shape index (κ2) is 32.6. The number of benzene rings is 1. The van der Waals surface area contributed by atoms with E-state index in [9.17, 15) is 19.5 Å². The number of carbonyl (C=O) groups excluding carboxylic acids is 3. The highest BCUT2D eigenvalue weighted by Gasteiger charge is 2.12. The van der Waals surface area contributed by atoms with Crippen molar-refractivity contribution in [1.29, 1.82) is 0 Å². The van der Waals surface area contributed by atoms with Gasteiger partial charge in [-0.1, -0.05) is 86.0 Å². The number of hydrogen-bond acceptors (Lipinski definition) is 8. The average molecular weight is 655 g/mol. The van der Waals surface area contributed by atoms with E-state index in [1.807, 2.05) is 26.0 Å². The summed E-state index contributed by atoms with van der Waals surface area (Å²) in [4.78, 5) is 36.9. The summed E-state index contributed by atoms with van der Waals surface area (Å²) in [6.07, 6.45) is 15.1. The van der Waals surface area contributed by atoms with Crippen LogP contribution in [0.15, 0.2) is 18.5 Å². The molecule has 9 nitrogen and oxygen atoms in total. The highest BCUT2D eigenvalue weighted by atomic mass is 31.1. The summed E-state index contributed by atoms with van der Waals surface area (Å²) in [7, 11) is 4.81. The number of nitrogens with zero attached hydrogens (tertiary/aromatic N) is 1. The predicted octanol–water partition coefficient (Wildman–Crippen LogP) is 8.29. The smallest absolute Gasteiger partial charge is 0.203 e. The fourth-order valence-electron chi connectivity index (χ4n) is 3.79. The van der Waals surface area contributed by atoms with Crippen LogP contribution in [0.2, 0.25) is 0 Å². The Morgan fingerprint density at radius 2 is 1.38 bits per heavy atom. The van der Waals surface area contributed by atoms with Crippen molar-refractivity contribution in [3.63, 3.8) is 0 Å². The fraction of sp³-hybridized carbons (Fsp3) is 0.657. The molecule has 0 aliphatic heterocycles. The Morgan fingerprint density at radius 1 is 0.889 bits per heavy atom. The zero-order valence-corrected chi connectivity index (χ0v) is 31.0. The zero-order chi connectivity index (χ0) is 35.0. The second-order valence-electron chi connectivity index (χ2n) is 10.1. The minimum atomic E-state index is -0.0909. The van der Waals surface area contributed by atoms with Gasteiger partial charge in [0.15, 0.2) is 17.3 Å². The lowest BCUT2D eigenvalue weighted by atomic mass is 10.0. The van der Waals surface area contributed by atoms with Crippen LogP contribution in [0.5, 0.6) is 17.2 Å². The van der Waals surface area contributed by atoms with Crippen molar-refractivity contribution >= 4 is 31.6 Å². The topological polar surface area (TPSA) is 128 Å². The molecular weight excluding hydrogens is 591 g/mol. The molecule has 10 heteroatoms. The van der Waals surface area contributed by atoms with Gasteiger partial charge in [-0.2, -0.15) is 0 Å². The fourth-order valence-corrected chi connectivity index (χ4v) is 4.43. The van der Waals surface area contributed by atoms with E-state index < -0.39 is 0 Å². The summed E-state index contributed by atoms with van der Waals surface area (Å²) in [6, 6.07) is 4.67. The minimum Gasteiger partial charge on any atom is -0.493 e. The number of carbonyl (C=O) groups is 3. The molecule has 0 spiro atoms. The average Bonchev–Trinajstić information content (AvgIpc) is 3.51. The Kier molecular flexibility index (Phi) is 33.8. The maximum Gasteiger partial charge on any atom is 0.203 e. The van der Waals surface area contributed by atoms with E-state index >= 15 is 0 Å². The number of methoxy groups -OCH3 is 3. The van der Waals surface area contributed by atoms with Crippen molar-refractivity contribution in [3.8, 4) is 17.2 Å². The normalized spacial score (nSPS) is 10.4. The molecule has 2 N–H and O–H groups in total. The number of H-pyrrole nitrogens is 1. The van der Waals surface area contributed by atoms with Gasteiger partial charge in [0, 0.05) is 6.92 Å². The van der Waals surface area contributed by atoms with Gasteiger partial charge >= 0.3 is 0 Å². The van der Waals surface area contributed by atoms with Gasteiger partial charge in [0.1, 0.15) is 17.5 Å². The zero-order valence-electron chi connectivity index (χ0n) is 30.0. The number of rotatable bonds is 17. The molecule has 2 aromatic rings. The van der Waals surface area contributed by atoms with E-state index in [0.717, 1.165) is 25.3 Å². The number of aliphatic hydroxyl groups excluding tert-OH is 1. The molecule has 45 heavy (non-hydrogen) atoms. The van der Waals surface area contributed by atoms with Gasteiger partial charge in [-0.05, 0) is 59.4 Å². The molecule has 0 aliphatic rings. The summed E-state index contributed by atoms with van der Waals surface area (Å²) in [5, 5.41) is 9.33. The standard InChI is InChI=1S/C13H28O.C11H16O3.C6H7N2O2P.C3H6O.C2H6/c1-3-5-6-7-8-9-10-11-12-13(14)4-2;1-5-8-6-9(12-2)11(14-4)10(7-8)13-3;1-4(10)5-6(11-3-9)8-2-7-5;1-3(2)4;1-2/h13-14H,3-12H2,1-2H3;6-7H,5H2,1-4H3;2-3,11H,1H3,(H,7,8);1-2H3;1-2H3. The van der Waals surface area contributed by atoms with Crippen molar-refractivity contribution in [3.05, 3.63) is 29.7 Å². The molecule has 0 saturated heterocycles. The molecule has 0 amide bonds. The predicted molar refractivity (Wildman–Crippen MR) is 190 cm³/mol. The number of imidazole rings is 1. The van der Waals surface area contributed by atoms with Gasteiger partial charge in [0.2, 0.25) is 5.75 Å². The summed E-state index contributed by atoms with van der Waals surface area (Å²) < 4.78 is 15.6. The number of ether oxygens (including phenoxy) is 3. The van der Waals surface area contributed by atoms with Crippen LogP contribution in [0.1, 0.15) is 136 Å². The highest BCUT2D eigenvalue weighted by Crippen LogP contribution is 2.38. The maximum atomic E-state index is 10.8. The number of aliphatic hydroxyl groups is 1. The SMILES string of the molecule is CC.CC(=O)c1[nH]cnc1PC=O.CC(C)=O.CCCCCCCCCCC(O)CC.CCc1cc(OC)c(OC)c(OC)c1. The molecular formula is C35H63N2O7P. The molecule has 0 fully saturated rings. The van der Waals surface area contributed by atoms with Crippen LogP contribution in [0.4, 0.5) is 0 Å². The van der Waals surface area contributed by atoms with Gasteiger partial charge in [-0.15, -0.1) is 0 Å². The Bertz CT molecular complexity index is 983. The molecule has 260 valence electrons. The van der Waals surface area contributed by atoms with Crippen LogP contribution in [-0.2, 0) is 16.0 Å². The Morgan fingerprint density at radius 3 is 1.76 bits per heavy atom. The lowest BCUT2D eigenvalue weighted by molar-refractivity contribution is -0.115. The largest absolute Gasteiger partial charge is 0.493 e. The lowest BCUT2D eigenvalue weighted by Crippen LogP contribution is -2.07. The Labute approximate surface area is 275 Å². The first-order valence-electron chi connectivity index (χ1n) is 16.2. The summed E-state index contributed by atoms with van der Waals surface area (Å²) >= 11 is 0. The number of aromatic amines is 1. The lowest BCUT2D eigenvalue weighted by Gasteiger charge is -2.13. The number of Topliss-reactive ketones (excluding diaryl/α,β-unsaturated/α-hetero) is 2. The second-order valence-corrected chi connectivity index (χ2v) is 11.1. The number of aromatic nitrogens is 2. The van der Waals surface area contributed by atoms with Gasteiger partial charge in [-0.3, -0.25) is 9.59 Å². The number of unbranched alkanes of at least 4 members (excludes halogenated alkanes) is 7. The van der Waals surface area contributed by atoms with E-state index in [-0.39, 0.29) is 26.3 Å². The third-order valence-corrected chi connectivity index (χ3v) is 6.95. The number of nitrogens with one attached hydrogen (secondary N) is 1. The minimum absolute atomic E-state index is 0.0406. The molecule has 1 aromatic carbocycles. The maximum absolute atomic E-state index is 10.8. The van der Waals surface area contributed by atoms with E-state index in [0.29, 0.717) is 28.4 Å². The van der Waals surface area contributed by atoms with Gasteiger partial charge in [0.05, 0.1) is 39.2 Å². The summed E-state index contributed by atoms with van der Waals surface area (Å²) in [5.74, 6) is 2.14. The van der Waals surface area contributed by atoms with E-state index in [1.54, 1.807) is 21.3 Å². The molecule has 1 heterocycles. The van der Waals surface area contributed by atoms with Gasteiger partial charge in [-0.25, -0.2) is 4.98 Å². The van der Waals surface area contributed by atoms with Crippen LogP contribution in [0, 0.1) is 0 Å².